The molecular formula is C18H19NO2. The Bertz CT molecular complexity index is 645. The summed E-state index contributed by atoms with van der Waals surface area (Å²) in [5.74, 6) is -0.313. The lowest BCUT2D eigenvalue weighted by molar-refractivity contribution is -0.138. The number of hydrogen-bond donors (Lipinski definition) is 2. The van der Waals surface area contributed by atoms with Crippen LogP contribution in [0.1, 0.15) is 41.5 Å². The molecule has 2 aromatic rings. The number of rotatable bonds is 5. The van der Waals surface area contributed by atoms with Crippen molar-refractivity contribution in [3.8, 4) is 0 Å². The molecule has 0 heterocycles. The molecular weight excluding hydrogens is 262 g/mol. The first-order valence-electron chi connectivity index (χ1n) is 7.30. The largest absolute Gasteiger partial charge is 0.479 e. The molecule has 1 aliphatic rings. The highest BCUT2D eigenvalue weighted by Gasteiger charge is 2.30. The first-order valence-corrected chi connectivity index (χ1v) is 7.30. The van der Waals surface area contributed by atoms with Gasteiger partial charge in [-0.2, -0.15) is 0 Å². The Balaban J connectivity index is 1.91. The smallest absolute Gasteiger partial charge is 0.330 e. The fourth-order valence-corrected chi connectivity index (χ4v) is 2.63. The highest BCUT2D eigenvalue weighted by atomic mass is 16.4. The number of aryl methyl sites for hydroxylation is 1. The molecule has 0 bridgehead atoms. The zero-order valence-electron chi connectivity index (χ0n) is 12.0. The Labute approximate surface area is 124 Å². The fraction of sp³-hybridized carbons (Fsp3) is 0.278. The molecule has 1 aliphatic carbocycles. The van der Waals surface area contributed by atoms with Crippen LogP contribution in [-0.4, -0.2) is 11.1 Å². The van der Waals surface area contributed by atoms with E-state index in [-0.39, 0.29) is 0 Å². The van der Waals surface area contributed by atoms with Crippen molar-refractivity contribution in [1.82, 2.24) is 0 Å². The summed E-state index contributed by atoms with van der Waals surface area (Å²) < 4.78 is 0. The minimum absolute atomic E-state index is 0.530. The topological polar surface area (TPSA) is 49.3 Å². The summed E-state index contributed by atoms with van der Waals surface area (Å²) in [5, 5.41) is 12.8. The van der Waals surface area contributed by atoms with Crippen LogP contribution in [0.5, 0.6) is 0 Å². The fourth-order valence-electron chi connectivity index (χ4n) is 2.63. The average molecular weight is 281 g/mol. The molecule has 0 aromatic heterocycles. The van der Waals surface area contributed by atoms with E-state index < -0.39 is 12.0 Å². The maximum Gasteiger partial charge on any atom is 0.330 e. The molecule has 3 heteroatoms. The molecule has 0 aliphatic heterocycles. The predicted molar refractivity (Wildman–Crippen MR) is 83.6 cm³/mol. The van der Waals surface area contributed by atoms with Crippen molar-refractivity contribution >= 4 is 11.7 Å². The summed E-state index contributed by atoms with van der Waals surface area (Å²) in [6, 6.07) is 15.0. The molecule has 1 saturated carbocycles. The van der Waals surface area contributed by atoms with Crippen molar-refractivity contribution in [2.45, 2.75) is 31.7 Å². The van der Waals surface area contributed by atoms with Gasteiger partial charge in [-0.25, -0.2) is 4.79 Å². The molecule has 0 saturated heterocycles. The lowest BCUT2D eigenvalue weighted by Gasteiger charge is -2.19. The summed E-state index contributed by atoms with van der Waals surface area (Å²) in [6.07, 6.45) is 2.32. The third-order valence-corrected chi connectivity index (χ3v) is 3.93. The minimum atomic E-state index is -0.844. The quantitative estimate of drug-likeness (QED) is 0.867. The first-order chi connectivity index (χ1) is 10.1. The maximum absolute atomic E-state index is 11.7. The van der Waals surface area contributed by atoms with E-state index in [0.29, 0.717) is 5.92 Å². The normalized spacial score (nSPS) is 15.5. The van der Waals surface area contributed by atoms with Gasteiger partial charge in [-0.15, -0.1) is 0 Å². The van der Waals surface area contributed by atoms with Crippen molar-refractivity contribution in [3.63, 3.8) is 0 Å². The molecule has 2 aromatic carbocycles. The standard InChI is InChI=1S/C18H19NO2/c1-12-6-10-14(11-7-12)19-17(18(20)21)16-5-3-2-4-15(16)13-8-9-13/h2-7,10-11,13,17,19H,8-9H2,1H3,(H,20,21). The van der Waals surface area contributed by atoms with Crippen molar-refractivity contribution < 1.29 is 9.90 Å². The van der Waals surface area contributed by atoms with Crippen LogP contribution in [0.2, 0.25) is 0 Å². The number of hydrogen-bond acceptors (Lipinski definition) is 2. The van der Waals surface area contributed by atoms with Crippen LogP contribution >= 0.6 is 0 Å². The SMILES string of the molecule is Cc1ccc(NC(C(=O)O)c2ccccc2C2CC2)cc1. The zero-order chi connectivity index (χ0) is 14.8. The third-order valence-electron chi connectivity index (χ3n) is 3.93. The molecule has 108 valence electrons. The van der Waals surface area contributed by atoms with Gasteiger partial charge in [-0.05, 0) is 48.9 Å². The Kier molecular flexibility index (Phi) is 3.65. The lowest BCUT2D eigenvalue weighted by Crippen LogP contribution is -2.21. The van der Waals surface area contributed by atoms with Crippen LogP contribution in [0, 0.1) is 6.92 Å². The van der Waals surface area contributed by atoms with Crippen LogP contribution in [0.4, 0.5) is 5.69 Å². The zero-order valence-corrected chi connectivity index (χ0v) is 12.0. The van der Waals surface area contributed by atoms with Crippen molar-refractivity contribution in [1.29, 1.82) is 0 Å². The first kappa shape index (κ1) is 13.7. The van der Waals surface area contributed by atoms with E-state index >= 15 is 0 Å². The van der Waals surface area contributed by atoms with Crippen LogP contribution in [0.25, 0.3) is 0 Å². The van der Waals surface area contributed by atoms with E-state index in [1.54, 1.807) is 0 Å². The van der Waals surface area contributed by atoms with Gasteiger partial charge < -0.3 is 10.4 Å². The van der Waals surface area contributed by atoms with Crippen LogP contribution in [0.3, 0.4) is 0 Å². The van der Waals surface area contributed by atoms with E-state index in [4.69, 9.17) is 0 Å². The maximum atomic E-state index is 11.7. The number of carboxylic acid groups (broad SMARTS) is 1. The van der Waals surface area contributed by atoms with Gasteiger partial charge in [0.25, 0.3) is 0 Å². The Hall–Kier alpha value is -2.29. The summed E-state index contributed by atoms with van der Waals surface area (Å²) in [6.45, 7) is 2.01. The molecule has 0 radical (unpaired) electrons. The highest BCUT2D eigenvalue weighted by Crippen LogP contribution is 2.43. The molecule has 21 heavy (non-hydrogen) atoms. The minimum Gasteiger partial charge on any atom is -0.479 e. The lowest BCUT2D eigenvalue weighted by atomic mass is 9.97. The summed E-state index contributed by atoms with van der Waals surface area (Å²) in [5.41, 5.74) is 4.04. The van der Waals surface area contributed by atoms with Gasteiger partial charge in [-0.3, -0.25) is 0 Å². The van der Waals surface area contributed by atoms with Gasteiger partial charge >= 0.3 is 5.97 Å². The van der Waals surface area contributed by atoms with E-state index in [2.05, 4.69) is 11.4 Å². The Morgan fingerprint density at radius 3 is 2.43 bits per heavy atom. The second-order valence-corrected chi connectivity index (χ2v) is 5.68. The third kappa shape index (κ3) is 3.07. The molecule has 3 rings (SSSR count). The van der Waals surface area contributed by atoms with E-state index in [1.165, 1.54) is 5.56 Å². The number of benzene rings is 2. The monoisotopic (exact) mass is 281 g/mol. The second-order valence-electron chi connectivity index (χ2n) is 5.68. The number of carbonyl (C=O) groups is 1. The van der Waals surface area contributed by atoms with Crippen LogP contribution < -0.4 is 5.32 Å². The van der Waals surface area contributed by atoms with Crippen molar-refractivity contribution in [2.75, 3.05) is 5.32 Å². The van der Waals surface area contributed by atoms with Gasteiger partial charge in [0.1, 0.15) is 0 Å². The number of nitrogens with one attached hydrogen (secondary N) is 1. The molecule has 0 spiro atoms. The average Bonchev–Trinajstić information content (AvgIpc) is 3.31. The number of anilines is 1. The molecule has 1 unspecified atom stereocenters. The van der Waals surface area contributed by atoms with Gasteiger partial charge in [0.2, 0.25) is 0 Å². The molecule has 3 nitrogen and oxygen atoms in total. The number of carboxylic acids is 1. The molecule has 2 N–H and O–H groups in total. The summed E-state index contributed by atoms with van der Waals surface area (Å²) in [7, 11) is 0. The second kappa shape index (κ2) is 5.60. The van der Waals surface area contributed by atoms with Gasteiger partial charge in [-0.1, -0.05) is 42.0 Å². The van der Waals surface area contributed by atoms with Crippen molar-refractivity contribution in [2.24, 2.45) is 0 Å². The molecule has 0 amide bonds. The Morgan fingerprint density at radius 1 is 1.14 bits per heavy atom. The summed E-state index contributed by atoms with van der Waals surface area (Å²) >= 11 is 0. The predicted octanol–water partition coefficient (Wildman–Crippen LogP) is 4.11. The number of aliphatic carboxylic acids is 1. The van der Waals surface area contributed by atoms with E-state index in [9.17, 15) is 9.90 Å². The Morgan fingerprint density at radius 2 is 1.81 bits per heavy atom. The molecule has 1 fully saturated rings. The van der Waals surface area contributed by atoms with E-state index in [0.717, 1.165) is 29.7 Å². The van der Waals surface area contributed by atoms with Crippen molar-refractivity contribution in [3.05, 3.63) is 65.2 Å². The van der Waals surface area contributed by atoms with Gasteiger partial charge in [0.15, 0.2) is 6.04 Å². The summed E-state index contributed by atoms with van der Waals surface area (Å²) in [4.78, 5) is 11.7. The van der Waals surface area contributed by atoms with E-state index in [1.807, 2.05) is 49.4 Å². The molecule has 1 atom stereocenters. The van der Waals surface area contributed by atoms with Gasteiger partial charge in [0.05, 0.1) is 0 Å². The van der Waals surface area contributed by atoms with Gasteiger partial charge in [0, 0.05) is 5.69 Å². The van der Waals surface area contributed by atoms with Crippen LogP contribution in [-0.2, 0) is 4.79 Å². The van der Waals surface area contributed by atoms with Crippen LogP contribution in [0.15, 0.2) is 48.5 Å². The highest BCUT2D eigenvalue weighted by molar-refractivity contribution is 5.80.